The van der Waals surface area contributed by atoms with Crippen LogP contribution >= 0.6 is 11.3 Å². The number of benzene rings is 1. The van der Waals surface area contributed by atoms with Crippen LogP contribution in [0.3, 0.4) is 0 Å². The van der Waals surface area contributed by atoms with Crippen LogP contribution in [0, 0.1) is 0 Å². The second-order valence-corrected chi connectivity index (χ2v) is 5.17. The fourth-order valence-electron chi connectivity index (χ4n) is 1.88. The quantitative estimate of drug-likeness (QED) is 0.820. The molecule has 0 bridgehead atoms. The average Bonchev–Trinajstić information content (AvgIpc) is 2.88. The van der Waals surface area contributed by atoms with Gasteiger partial charge in [0.15, 0.2) is 0 Å². The Bertz CT molecular complexity index is 547. The van der Waals surface area contributed by atoms with Gasteiger partial charge in [0.05, 0.1) is 23.4 Å². The maximum atomic E-state index is 11.9. The van der Waals surface area contributed by atoms with Crippen LogP contribution < -0.4 is 10.9 Å². The molecule has 1 saturated heterocycles. The summed E-state index contributed by atoms with van der Waals surface area (Å²) in [4.78, 5) is 18.0. The van der Waals surface area contributed by atoms with E-state index in [1.54, 1.807) is 4.90 Å². The minimum atomic E-state index is -0.150. The van der Waals surface area contributed by atoms with Crippen LogP contribution in [-0.4, -0.2) is 42.2 Å². The Labute approximate surface area is 114 Å². The number of thiazole rings is 1. The first-order valence-corrected chi connectivity index (χ1v) is 6.89. The normalized spacial score (nSPS) is 15.5. The summed E-state index contributed by atoms with van der Waals surface area (Å²) in [6.45, 7) is 2.42. The van der Waals surface area contributed by atoms with Crippen molar-refractivity contribution in [1.82, 2.24) is 15.3 Å². The van der Waals surface area contributed by atoms with E-state index in [2.05, 4.69) is 15.8 Å². The molecule has 0 spiro atoms. The number of hydrogen-bond acceptors (Lipinski definition) is 5. The maximum absolute atomic E-state index is 11.9. The Hall–Kier alpha value is -1.86. The first kappa shape index (κ1) is 12.2. The molecule has 19 heavy (non-hydrogen) atoms. The highest BCUT2D eigenvalue weighted by atomic mass is 32.1. The van der Waals surface area contributed by atoms with Gasteiger partial charge in [-0.25, -0.2) is 15.2 Å². The van der Waals surface area contributed by atoms with E-state index in [0.717, 1.165) is 10.2 Å². The largest absolute Gasteiger partial charge is 0.378 e. The third kappa shape index (κ3) is 2.77. The van der Waals surface area contributed by atoms with Crippen molar-refractivity contribution in [3.63, 3.8) is 0 Å². The lowest BCUT2D eigenvalue weighted by Crippen LogP contribution is -2.47. The summed E-state index contributed by atoms with van der Waals surface area (Å²) in [6.07, 6.45) is 0. The Morgan fingerprint density at radius 3 is 2.89 bits per heavy atom. The number of anilines is 1. The number of amides is 2. The van der Waals surface area contributed by atoms with Gasteiger partial charge in [-0.05, 0) is 12.1 Å². The van der Waals surface area contributed by atoms with Gasteiger partial charge in [0.2, 0.25) is 5.13 Å². The molecule has 0 aliphatic carbocycles. The van der Waals surface area contributed by atoms with Gasteiger partial charge in [0, 0.05) is 13.1 Å². The van der Waals surface area contributed by atoms with Crippen LogP contribution in [0.4, 0.5) is 9.93 Å². The van der Waals surface area contributed by atoms with Gasteiger partial charge < -0.3 is 9.64 Å². The van der Waals surface area contributed by atoms with E-state index in [0.29, 0.717) is 31.4 Å². The number of nitrogens with one attached hydrogen (secondary N) is 2. The number of carbonyl (C=O) groups is 1. The molecule has 1 aliphatic heterocycles. The fraction of sp³-hybridized carbons (Fsp3) is 0.333. The number of morpholine rings is 1. The van der Waals surface area contributed by atoms with E-state index < -0.39 is 0 Å². The summed E-state index contributed by atoms with van der Waals surface area (Å²) in [7, 11) is 0. The van der Waals surface area contributed by atoms with Crippen LogP contribution in [0.5, 0.6) is 0 Å². The number of carbonyl (C=O) groups excluding carboxylic acids is 1. The third-order valence-electron chi connectivity index (χ3n) is 2.87. The number of hydrogen-bond donors (Lipinski definition) is 2. The summed E-state index contributed by atoms with van der Waals surface area (Å²) >= 11 is 1.51. The molecule has 2 amide bonds. The van der Waals surface area contributed by atoms with Crippen molar-refractivity contribution in [2.45, 2.75) is 0 Å². The average molecular weight is 278 g/mol. The predicted molar refractivity (Wildman–Crippen MR) is 74.2 cm³/mol. The highest BCUT2D eigenvalue weighted by Crippen LogP contribution is 2.24. The molecular weight excluding hydrogens is 264 g/mol. The second-order valence-electron chi connectivity index (χ2n) is 4.14. The van der Waals surface area contributed by atoms with Crippen molar-refractivity contribution in [1.29, 1.82) is 0 Å². The molecule has 1 aliphatic rings. The van der Waals surface area contributed by atoms with Crippen molar-refractivity contribution in [2.75, 3.05) is 31.7 Å². The Balaban J connectivity index is 1.60. The van der Waals surface area contributed by atoms with Crippen LogP contribution in [0.1, 0.15) is 0 Å². The summed E-state index contributed by atoms with van der Waals surface area (Å²) < 4.78 is 6.29. The number of fused-ring (bicyclic) bond motifs is 1. The number of aromatic nitrogens is 1. The number of para-hydroxylation sites is 1. The van der Waals surface area contributed by atoms with E-state index >= 15 is 0 Å². The molecule has 7 heteroatoms. The highest BCUT2D eigenvalue weighted by Gasteiger charge is 2.16. The molecule has 2 heterocycles. The first-order chi connectivity index (χ1) is 9.33. The molecule has 0 unspecified atom stereocenters. The minimum absolute atomic E-state index is 0.150. The SMILES string of the molecule is O=C(NNc1nc2ccccc2s1)N1CCOCC1. The molecule has 0 atom stereocenters. The van der Waals surface area contributed by atoms with E-state index in [4.69, 9.17) is 4.74 Å². The van der Waals surface area contributed by atoms with E-state index in [9.17, 15) is 4.79 Å². The van der Waals surface area contributed by atoms with Gasteiger partial charge in [-0.3, -0.25) is 5.43 Å². The fourth-order valence-corrected chi connectivity index (χ4v) is 2.70. The van der Waals surface area contributed by atoms with E-state index in [-0.39, 0.29) is 6.03 Å². The van der Waals surface area contributed by atoms with Crippen LogP contribution in [0.15, 0.2) is 24.3 Å². The van der Waals surface area contributed by atoms with Crippen molar-refractivity contribution in [2.24, 2.45) is 0 Å². The van der Waals surface area contributed by atoms with Gasteiger partial charge in [0.1, 0.15) is 0 Å². The lowest BCUT2D eigenvalue weighted by Gasteiger charge is -2.26. The van der Waals surface area contributed by atoms with Gasteiger partial charge in [0.25, 0.3) is 0 Å². The number of nitrogens with zero attached hydrogens (tertiary/aromatic N) is 2. The Morgan fingerprint density at radius 1 is 1.32 bits per heavy atom. The molecule has 1 fully saturated rings. The van der Waals surface area contributed by atoms with Gasteiger partial charge in [-0.1, -0.05) is 23.5 Å². The smallest absolute Gasteiger partial charge is 0.336 e. The first-order valence-electron chi connectivity index (χ1n) is 6.07. The Morgan fingerprint density at radius 2 is 2.11 bits per heavy atom. The van der Waals surface area contributed by atoms with Crippen molar-refractivity contribution >= 4 is 32.7 Å². The molecule has 2 aromatic rings. The van der Waals surface area contributed by atoms with Crippen LogP contribution in [-0.2, 0) is 4.74 Å². The number of hydrazine groups is 1. The zero-order chi connectivity index (χ0) is 13.1. The maximum Gasteiger partial charge on any atom is 0.336 e. The Kier molecular flexibility index (Phi) is 3.47. The van der Waals surface area contributed by atoms with Crippen LogP contribution in [0.25, 0.3) is 10.2 Å². The standard InChI is InChI=1S/C12H14N4O2S/c17-12(16-5-7-18-8-6-16)15-14-11-13-9-3-1-2-4-10(9)19-11/h1-4H,5-8H2,(H,13,14)(H,15,17). The topological polar surface area (TPSA) is 66.5 Å². The molecule has 1 aromatic heterocycles. The van der Waals surface area contributed by atoms with Crippen molar-refractivity contribution < 1.29 is 9.53 Å². The summed E-state index contributed by atoms with van der Waals surface area (Å²) in [5.74, 6) is 0. The highest BCUT2D eigenvalue weighted by molar-refractivity contribution is 7.22. The molecule has 0 saturated carbocycles. The van der Waals surface area contributed by atoms with Gasteiger partial charge in [-0.2, -0.15) is 0 Å². The molecule has 0 radical (unpaired) electrons. The van der Waals surface area contributed by atoms with Gasteiger partial charge >= 0.3 is 6.03 Å². The summed E-state index contributed by atoms with van der Waals surface area (Å²) in [5, 5.41) is 0.683. The lowest BCUT2D eigenvalue weighted by molar-refractivity contribution is 0.0536. The summed E-state index contributed by atoms with van der Waals surface area (Å²) in [6, 6.07) is 7.71. The minimum Gasteiger partial charge on any atom is -0.378 e. The molecule has 6 nitrogen and oxygen atoms in total. The van der Waals surface area contributed by atoms with Crippen LogP contribution in [0.2, 0.25) is 0 Å². The molecule has 2 N–H and O–H groups in total. The molecule has 1 aromatic carbocycles. The zero-order valence-corrected chi connectivity index (χ0v) is 11.1. The molecular formula is C12H14N4O2S. The van der Waals surface area contributed by atoms with E-state index in [1.165, 1.54) is 11.3 Å². The molecule has 100 valence electrons. The zero-order valence-electron chi connectivity index (χ0n) is 10.3. The summed E-state index contributed by atoms with van der Waals surface area (Å²) in [5.41, 5.74) is 6.44. The number of ether oxygens (including phenoxy) is 1. The van der Waals surface area contributed by atoms with Crippen molar-refractivity contribution in [3.8, 4) is 0 Å². The molecule has 3 rings (SSSR count). The van der Waals surface area contributed by atoms with Crippen molar-refractivity contribution in [3.05, 3.63) is 24.3 Å². The lowest BCUT2D eigenvalue weighted by atomic mass is 10.3. The van der Waals surface area contributed by atoms with E-state index in [1.807, 2.05) is 24.3 Å². The number of rotatable bonds is 2. The third-order valence-corrected chi connectivity index (χ3v) is 3.82. The monoisotopic (exact) mass is 278 g/mol. The van der Waals surface area contributed by atoms with Gasteiger partial charge in [-0.15, -0.1) is 0 Å². The second kappa shape index (κ2) is 5.41. The number of urea groups is 1. The predicted octanol–water partition coefficient (Wildman–Crippen LogP) is 1.66.